The Kier molecular flexibility index (Phi) is 5.48. The first-order chi connectivity index (χ1) is 9.07. The van der Waals surface area contributed by atoms with Crippen LogP contribution < -0.4 is 10.6 Å². The van der Waals surface area contributed by atoms with Crippen LogP contribution in [-0.2, 0) is 9.59 Å². The van der Waals surface area contributed by atoms with E-state index < -0.39 is 5.92 Å². The summed E-state index contributed by atoms with van der Waals surface area (Å²) in [7, 11) is 0. The van der Waals surface area contributed by atoms with E-state index in [1.807, 2.05) is 20.8 Å². The topological polar surface area (TPSA) is 58.2 Å². The normalized spacial score (nSPS) is 19.4. The molecule has 0 heterocycles. The standard InChI is InChI=1S/C14H24F2N2O2/c1-13(2,3)18-12(20)5-4-11(19)17-10-6-8-14(15,16)9-7-10/h10H,4-9H2,1-3H3,(H,17,19)(H,18,20). The molecule has 1 saturated carbocycles. The third-order valence-electron chi connectivity index (χ3n) is 3.18. The molecule has 0 aromatic heterocycles. The van der Waals surface area contributed by atoms with Crippen LogP contribution in [0.15, 0.2) is 0 Å². The van der Waals surface area contributed by atoms with Crippen molar-refractivity contribution in [2.75, 3.05) is 0 Å². The molecular formula is C14H24F2N2O2. The van der Waals surface area contributed by atoms with Gasteiger partial charge in [0.15, 0.2) is 0 Å². The maximum Gasteiger partial charge on any atom is 0.248 e. The second-order valence-electron chi connectivity index (χ2n) is 6.50. The van der Waals surface area contributed by atoms with Crippen molar-refractivity contribution in [3.05, 3.63) is 0 Å². The monoisotopic (exact) mass is 290 g/mol. The van der Waals surface area contributed by atoms with Crippen LogP contribution in [0.3, 0.4) is 0 Å². The van der Waals surface area contributed by atoms with Crippen molar-refractivity contribution < 1.29 is 18.4 Å². The molecule has 1 aliphatic carbocycles. The summed E-state index contributed by atoms with van der Waals surface area (Å²) in [4.78, 5) is 23.2. The predicted molar refractivity (Wildman–Crippen MR) is 72.5 cm³/mol. The molecule has 0 saturated heterocycles. The van der Waals surface area contributed by atoms with Crippen LogP contribution in [0, 0.1) is 0 Å². The lowest BCUT2D eigenvalue weighted by molar-refractivity contribution is -0.128. The lowest BCUT2D eigenvalue weighted by Gasteiger charge is -2.28. The first-order valence-corrected chi connectivity index (χ1v) is 7.06. The number of nitrogens with one attached hydrogen (secondary N) is 2. The summed E-state index contributed by atoms with van der Waals surface area (Å²) in [5.41, 5.74) is -0.317. The molecule has 0 radical (unpaired) electrons. The SMILES string of the molecule is CC(C)(C)NC(=O)CCC(=O)NC1CCC(F)(F)CC1. The minimum Gasteiger partial charge on any atom is -0.353 e. The molecule has 0 aromatic carbocycles. The summed E-state index contributed by atoms with van der Waals surface area (Å²) < 4.78 is 25.9. The summed E-state index contributed by atoms with van der Waals surface area (Å²) in [6, 6.07) is -0.187. The molecule has 6 heteroatoms. The summed E-state index contributed by atoms with van der Waals surface area (Å²) in [6.07, 6.45) is 0.450. The predicted octanol–water partition coefficient (Wildman–Crippen LogP) is 2.38. The lowest BCUT2D eigenvalue weighted by atomic mass is 9.92. The number of hydrogen-bond acceptors (Lipinski definition) is 2. The fourth-order valence-corrected chi connectivity index (χ4v) is 2.19. The Morgan fingerprint density at radius 2 is 1.60 bits per heavy atom. The van der Waals surface area contributed by atoms with E-state index in [4.69, 9.17) is 0 Å². The van der Waals surface area contributed by atoms with E-state index in [1.165, 1.54) is 0 Å². The average molecular weight is 290 g/mol. The maximum absolute atomic E-state index is 13.0. The molecule has 0 aromatic rings. The van der Waals surface area contributed by atoms with Crippen LogP contribution in [0.1, 0.15) is 59.3 Å². The van der Waals surface area contributed by atoms with Crippen LogP contribution in [0.5, 0.6) is 0 Å². The maximum atomic E-state index is 13.0. The molecule has 4 nitrogen and oxygen atoms in total. The smallest absolute Gasteiger partial charge is 0.248 e. The van der Waals surface area contributed by atoms with Gasteiger partial charge in [0.2, 0.25) is 17.7 Å². The quantitative estimate of drug-likeness (QED) is 0.835. The number of amides is 2. The summed E-state index contributed by atoms with van der Waals surface area (Å²) in [6.45, 7) is 5.60. The van der Waals surface area contributed by atoms with Gasteiger partial charge in [0.05, 0.1) is 0 Å². The van der Waals surface area contributed by atoms with Crippen molar-refractivity contribution >= 4 is 11.8 Å². The molecule has 20 heavy (non-hydrogen) atoms. The highest BCUT2D eigenvalue weighted by Gasteiger charge is 2.35. The Morgan fingerprint density at radius 3 is 2.10 bits per heavy atom. The Hall–Kier alpha value is -1.20. The molecule has 0 atom stereocenters. The van der Waals surface area contributed by atoms with Gasteiger partial charge in [-0.05, 0) is 33.6 Å². The van der Waals surface area contributed by atoms with Crippen LogP contribution in [0.4, 0.5) is 8.78 Å². The van der Waals surface area contributed by atoms with Gasteiger partial charge in [-0.3, -0.25) is 9.59 Å². The van der Waals surface area contributed by atoms with Gasteiger partial charge < -0.3 is 10.6 Å². The van der Waals surface area contributed by atoms with Gasteiger partial charge in [-0.25, -0.2) is 8.78 Å². The van der Waals surface area contributed by atoms with E-state index in [1.54, 1.807) is 0 Å². The van der Waals surface area contributed by atoms with E-state index in [2.05, 4.69) is 10.6 Å². The molecule has 1 aliphatic rings. The van der Waals surface area contributed by atoms with E-state index in [9.17, 15) is 18.4 Å². The van der Waals surface area contributed by atoms with Gasteiger partial charge in [-0.1, -0.05) is 0 Å². The van der Waals surface area contributed by atoms with Crippen LogP contribution >= 0.6 is 0 Å². The van der Waals surface area contributed by atoms with Gasteiger partial charge in [0.25, 0.3) is 0 Å². The minimum atomic E-state index is -2.59. The van der Waals surface area contributed by atoms with Gasteiger partial charge in [-0.15, -0.1) is 0 Å². The zero-order valence-electron chi connectivity index (χ0n) is 12.4. The summed E-state index contributed by atoms with van der Waals surface area (Å²) in [5, 5.41) is 5.49. The van der Waals surface area contributed by atoms with E-state index >= 15 is 0 Å². The van der Waals surface area contributed by atoms with Crippen molar-refractivity contribution in [1.82, 2.24) is 10.6 Å². The average Bonchev–Trinajstić information content (AvgIpc) is 2.27. The lowest BCUT2D eigenvalue weighted by Crippen LogP contribution is -2.42. The highest BCUT2D eigenvalue weighted by molar-refractivity contribution is 5.84. The minimum absolute atomic E-state index is 0.0921. The van der Waals surface area contributed by atoms with Gasteiger partial charge in [0.1, 0.15) is 0 Å². The zero-order chi connectivity index (χ0) is 15.4. The molecule has 0 aliphatic heterocycles. The fourth-order valence-electron chi connectivity index (χ4n) is 2.19. The Bertz CT molecular complexity index is 355. The third kappa shape index (κ3) is 6.82. The fraction of sp³-hybridized carbons (Fsp3) is 0.857. The first kappa shape index (κ1) is 16.9. The highest BCUT2D eigenvalue weighted by Crippen LogP contribution is 2.32. The Labute approximate surface area is 118 Å². The third-order valence-corrected chi connectivity index (χ3v) is 3.18. The van der Waals surface area contributed by atoms with Crippen molar-refractivity contribution in [3.63, 3.8) is 0 Å². The van der Waals surface area contributed by atoms with E-state index in [-0.39, 0.29) is 49.1 Å². The van der Waals surface area contributed by atoms with Crippen molar-refractivity contribution in [3.8, 4) is 0 Å². The van der Waals surface area contributed by atoms with Crippen molar-refractivity contribution in [1.29, 1.82) is 0 Å². The summed E-state index contributed by atoms with van der Waals surface area (Å²) in [5.74, 6) is -3.01. The van der Waals surface area contributed by atoms with Crippen LogP contribution in [0.25, 0.3) is 0 Å². The molecule has 0 spiro atoms. The Morgan fingerprint density at radius 1 is 1.10 bits per heavy atom. The number of rotatable bonds is 4. The molecule has 1 fully saturated rings. The second kappa shape index (κ2) is 6.50. The summed E-state index contributed by atoms with van der Waals surface area (Å²) >= 11 is 0. The zero-order valence-corrected chi connectivity index (χ0v) is 12.4. The van der Waals surface area contributed by atoms with E-state index in [0.717, 1.165) is 0 Å². The van der Waals surface area contributed by atoms with E-state index in [0.29, 0.717) is 12.8 Å². The molecule has 2 amide bonds. The van der Waals surface area contributed by atoms with Crippen LogP contribution in [0.2, 0.25) is 0 Å². The number of carbonyl (C=O) groups is 2. The molecule has 0 unspecified atom stereocenters. The number of carbonyl (C=O) groups excluding carboxylic acids is 2. The largest absolute Gasteiger partial charge is 0.353 e. The molecule has 1 rings (SSSR count). The first-order valence-electron chi connectivity index (χ1n) is 7.06. The highest BCUT2D eigenvalue weighted by atomic mass is 19.3. The molecule has 0 bridgehead atoms. The molecule has 116 valence electrons. The van der Waals surface area contributed by atoms with Crippen molar-refractivity contribution in [2.45, 2.75) is 76.8 Å². The van der Waals surface area contributed by atoms with Gasteiger partial charge in [-0.2, -0.15) is 0 Å². The van der Waals surface area contributed by atoms with Gasteiger partial charge in [0, 0.05) is 37.3 Å². The molecule has 2 N–H and O–H groups in total. The molecular weight excluding hydrogens is 266 g/mol. The Balaban J connectivity index is 2.23. The van der Waals surface area contributed by atoms with Crippen LogP contribution in [-0.4, -0.2) is 29.3 Å². The van der Waals surface area contributed by atoms with Crippen molar-refractivity contribution in [2.24, 2.45) is 0 Å². The van der Waals surface area contributed by atoms with Gasteiger partial charge >= 0.3 is 0 Å². The number of alkyl halides is 2. The number of hydrogen-bond donors (Lipinski definition) is 2. The second-order valence-corrected chi connectivity index (χ2v) is 6.50. The number of halogens is 2.